The van der Waals surface area contributed by atoms with Crippen LogP contribution < -0.4 is 21.9 Å². The van der Waals surface area contributed by atoms with Crippen molar-refractivity contribution < 1.29 is 20.1 Å². The smallest absolute Gasteiger partial charge is 0.280 e. The second-order valence-electron chi connectivity index (χ2n) is 6.01. The second-order valence-corrected chi connectivity index (χ2v) is 6.01. The van der Waals surface area contributed by atoms with Crippen LogP contribution in [0.15, 0.2) is 11.1 Å². The number of anilines is 1. The van der Waals surface area contributed by atoms with Gasteiger partial charge in [0.1, 0.15) is 18.3 Å². The summed E-state index contributed by atoms with van der Waals surface area (Å²) in [6, 6.07) is 0. The zero-order valence-corrected chi connectivity index (χ0v) is 14.0. The molecule has 0 aromatic carbocycles. The van der Waals surface area contributed by atoms with Gasteiger partial charge in [-0.2, -0.15) is 4.98 Å². The number of nitrogens with two attached hydrogens (primary N) is 2. The molecule has 0 aliphatic carbocycles. The molecular formula is C14H23N7O5. The first-order valence-electron chi connectivity index (χ1n) is 8.26. The van der Waals surface area contributed by atoms with Crippen molar-refractivity contribution in [3.63, 3.8) is 0 Å². The lowest BCUT2D eigenvalue weighted by Gasteiger charge is -2.22. The fraction of sp³-hybridized carbons (Fsp3) is 0.643. The highest BCUT2D eigenvalue weighted by Crippen LogP contribution is 2.30. The largest absolute Gasteiger partial charge is 0.394 e. The highest BCUT2D eigenvalue weighted by atomic mass is 16.6. The zero-order valence-electron chi connectivity index (χ0n) is 14.0. The average Bonchev–Trinajstić information content (AvgIpc) is 3.17. The number of hydrogen-bond acceptors (Lipinski definition) is 10. The van der Waals surface area contributed by atoms with Gasteiger partial charge in [0.05, 0.1) is 12.9 Å². The van der Waals surface area contributed by atoms with Gasteiger partial charge in [-0.1, -0.05) is 0 Å². The van der Waals surface area contributed by atoms with Gasteiger partial charge >= 0.3 is 0 Å². The van der Waals surface area contributed by atoms with Crippen LogP contribution in [0.5, 0.6) is 0 Å². The van der Waals surface area contributed by atoms with E-state index in [1.54, 1.807) is 4.90 Å². The van der Waals surface area contributed by atoms with Crippen molar-refractivity contribution in [3.05, 3.63) is 16.7 Å². The van der Waals surface area contributed by atoms with Crippen molar-refractivity contribution in [2.24, 2.45) is 11.5 Å². The molecule has 2 aromatic heterocycles. The number of imidazole rings is 1. The van der Waals surface area contributed by atoms with E-state index >= 15 is 0 Å². The molecule has 3 heterocycles. The van der Waals surface area contributed by atoms with E-state index in [0.717, 1.165) is 0 Å². The third kappa shape index (κ3) is 3.18. The minimum Gasteiger partial charge on any atom is -0.394 e. The van der Waals surface area contributed by atoms with Crippen LogP contribution in [0.3, 0.4) is 0 Å². The van der Waals surface area contributed by atoms with E-state index < -0.39 is 36.7 Å². The lowest BCUT2D eigenvalue weighted by Crippen LogP contribution is -2.36. The quantitative estimate of drug-likeness (QED) is 0.285. The van der Waals surface area contributed by atoms with Crippen molar-refractivity contribution in [1.29, 1.82) is 0 Å². The fourth-order valence-electron chi connectivity index (χ4n) is 3.00. The van der Waals surface area contributed by atoms with Gasteiger partial charge in [0, 0.05) is 26.2 Å². The second kappa shape index (κ2) is 7.65. The molecule has 0 radical (unpaired) electrons. The SMILES string of the molecule is NCCN(CCN)c1nc2c(ncn2[C@@H]2O[C@H](CO)[C@@H](O)[C@H]2O)c(=O)[nH]1. The lowest BCUT2D eigenvalue weighted by molar-refractivity contribution is -0.0511. The Morgan fingerprint density at radius 1 is 1.27 bits per heavy atom. The molecule has 0 bridgehead atoms. The molecule has 1 fully saturated rings. The van der Waals surface area contributed by atoms with Gasteiger partial charge in [-0.05, 0) is 0 Å². The number of H-pyrrole nitrogens is 1. The maximum atomic E-state index is 12.4. The Morgan fingerprint density at radius 3 is 2.54 bits per heavy atom. The molecule has 0 unspecified atom stereocenters. The third-order valence-corrected chi connectivity index (χ3v) is 4.31. The monoisotopic (exact) mass is 369 g/mol. The number of nitrogens with one attached hydrogen (secondary N) is 1. The Bertz CT molecular complexity index is 803. The van der Waals surface area contributed by atoms with Gasteiger partial charge < -0.3 is 36.4 Å². The summed E-state index contributed by atoms with van der Waals surface area (Å²) >= 11 is 0. The summed E-state index contributed by atoms with van der Waals surface area (Å²) in [5, 5.41) is 29.4. The predicted molar refractivity (Wildman–Crippen MR) is 91.5 cm³/mol. The summed E-state index contributed by atoms with van der Waals surface area (Å²) in [4.78, 5) is 25.2. The van der Waals surface area contributed by atoms with Crippen molar-refractivity contribution >= 4 is 17.1 Å². The van der Waals surface area contributed by atoms with Gasteiger partial charge in [0.2, 0.25) is 5.95 Å². The molecule has 1 aliphatic heterocycles. The number of nitrogens with zero attached hydrogens (tertiary/aromatic N) is 4. The Morgan fingerprint density at radius 2 is 1.96 bits per heavy atom. The molecular weight excluding hydrogens is 346 g/mol. The number of aliphatic hydroxyl groups excluding tert-OH is 3. The van der Waals surface area contributed by atoms with E-state index in [1.165, 1.54) is 10.9 Å². The number of rotatable bonds is 7. The molecule has 4 atom stereocenters. The van der Waals surface area contributed by atoms with Crippen molar-refractivity contribution in [1.82, 2.24) is 19.5 Å². The van der Waals surface area contributed by atoms with Gasteiger partial charge in [-0.15, -0.1) is 0 Å². The lowest BCUT2D eigenvalue weighted by atomic mass is 10.1. The molecule has 12 heteroatoms. The highest BCUT2D eigenvalue weighted by molar-refractivity contribution is 5.71. The maximum absolute atomic E-state index is 12.4. The molecule has 3 rings (SSSR count). The predicted octanol–water partition coefficient (Wildman–Crippen LogP) is -3.55. The molecule has 0 amide bonds. The topological polar surface area (TPSA) is 189 Å². The number of fused-ring (bicyclic) bond motifs is 1. The Balaban J connectivity index is 2.04. The molecule has 1 aliphatic rings. The van der Waals surface area contributed by atoms with Gasteiger partial charge in [-0.3, -0.25) is 14.3 Å². The van der Waals surface area contributed by atoms with Crippen LogP contribution in [0.4, 0.5) is 5.95 Å². The van der Waals surface area contributed by atoms with Gasteiger partial charge in [-0.25, -0.2) is 4.98 Å². The van der Waals surface area contributed by atoms with Crippen LogP contribution >= 0.6 is 0 Å². The summed E-state index contributed by atoms with van der Waals surface area (Å²) in [5.41, 5.74) is 11.0. The first-order valence-corrected chi connectivity index (χ1v) is 8.26. The molecule has 0 spiro atoms. The number of aromatic nitrogens is 4. The highest BCUT2D eigenvalue weighted by Gasteiger charge is 2.44. The van der Waals surface area contributed by atoms with E-state index in [1.807, 2.05) is 0 Å². The fourth-order valence-corrected chi connectivity index (χ4v) is 3.00. The van der Waals surface area contributed by atoms with Gasteiger partial charge in [0.15, 0.2) is 17.4 Å². The Labute approximate surface area is 148 Å². The van der Waals surface area contributed by atoms with E-state index in [0.29, 0.717) is 26.2 Å². The summed E-state index contributed by atoms with van der Waals surface area (Å²) in [5.74, 6) is 0.270. The third-order valence-electron chi connectivity index (χ3n) is 4.31. The standard InChI is InChI=1S/C14H23N7O5/c15-1-3-20(4-2-16)14-18-11-8(12(25)19-14)17-6-21(11)13-10(24)9(23)7(5-22)26-13/h6-7,9-10,13,22-24H,1-5,15-16H2,(H,18,19,25)/t7-,9-,10-,13-/m1/s1. The van der Waals surface area contributed by atoms with Crippen LogP contribution in [-0.2, 0) is 4.74 Å². The van der Waals surface area contributed by atoms with Crippen LogP contribution in [0, 0.1) is 0 Å². The summed E-state index contributed by atoms with van der Waals surface area (Å²) in [6.45, 7) is 1.11. The molecule has 2 aromatic rings. The van der Waals surface area contributed by atoms with E-state index in [9.17, 15) is 20.1 Å². The normalized spacial score (nSPS) is 25.9. The van der Waals surface area contributed by atoms with Crippen molar-refractivity contribution in [2.75, 3.05) is 37.7 Å². The average molecular weight is 369 g/mol. The van der Waals surface area contributed by atoms with Crippen LogP contribution in [0.25, 0.3) is 11.2 Å². The maximum Gasteiger partial charge on any atom is 0.280 e. The first kappa shape index (κ1) is 18.7. The Hall–Kier alpha value is -2.09. The summed E-state index contributed by atoms with van der Waals surface area (Å²) in [7, 11) is 0. The Kier molecular flexibility index (Phi) is 5.50. The van der Waals surface area contributed by atoms with E-state index in [2.05, 4.69) is 15.0 Å². The number of ether oxygens (including phenoxy) is 1. The molecule has 0 saturated carbocycles. The number of aliphatic hydroxyl groups is 3. The first-order chi connectivity index (χ1) is 12.5. The summed E-state index contributed by atoms with van der Waals surface area (Å²) < 4.78 is 6.85. The molecule has 12 nitrogen and oxygen atoms in total. The van der Waals surface area contributed by atoms with Crippen LogP contribution in [0.1, 0.15) is 6.23 Å². The zero-order chi connectivity index (χ0) is 18.8. The van der Waals surface area contributed by atoms with Crippen LogP contribution in [-0.4, -0.2) is 85.9 Å². The molecule has 8 N–H and O–H groups in total. The minimum absolute atomic E-state index is 0.0620. The molecule has 26 heavy (non-hydrogen) atoms. The van der Waals surface area contributed by atoms with Crippen molar-refractivity contribution in [3.8, 4) is 0 Å². The van der Waals surface area contributed by atoms with E-state index in [-0.39, 0.29) is 17.1 Å². The number of hydrogen-bond donors (Lipinski definition) is 6. The number of aromatic amines is 1. The van der Waals surface area contributed by atoms with E-state index in [4.69, 9.17) is 16.2 Å². The molecule has 144 valence electrons. The van der Waals surface area contributed by atoms with Crippen LogP contribution in [0.2, 0.25) is 0 Å². The minimum atomic E-state index is -1.31. The summed E-state index contributed by atoms with van der Waals surface area (Å²) in [6.07, 6.45) is -3.26. The van der Waals surface area contributed by atoms with Gasteiger partial charge in [0.25, 0.3) is 5.56 Å². The van der Waals surface area contributed by atoms with Crippen molar-refractivity contribution in [2.45, 2.75) is 24.5 Å². The molecule has 1 saturated heterocycles.